The quantitative estimate of drug-likeness (QED) is 0.902. The van der Waals surface area contributed by atoms with Crippen LogP contribution in [0.1, 0.15) is 21.7 Å². The number of carboxylic acid groups (broad SMARTS) is 1. The molecule has 132 valence electrons. The number of carboxylic acids is 1. The molecule has 1 amide bonds. The number of aromatic nitrogens is 2. The summed E-state index contributed by atoms with van der Waals surface area (Å²) in [5.74, 6) is -1.28. The number of rotatable bonds is 3. The van der Waals surface area contributed by atoms with Crippen molar-refractivity contribution in [3.63, 3.8) is 0 Å². The van der Waals surface area contributed by atoms with Crippen LogP contribution in [0.2, 0.25) is 5.02 Å². The van der Waals surface area contributed by atoms with E-state index in [-0.39, 0.29) is 19.1 Å². The van der Waals surface area contributed by atoms with Gasteiger partial charge >= 0.3 is 5.97 Å². The fraction of sp³-hybridized carbons (Fsp3) is 0.353. The smallest absolute Gasteiger partial charge is 0.334 e. The van der Waals surface area contributed by atoms with Gasteiger partial charge in [-0.3, -0.25) is 4.79 Å². The molecule has 0 unspecified atom stereocenters. The number of aliphatic carboxylic acids is 1. The van der Waals surface area contributed by atoms with E-state index in [1.54, 1.807) is 28.9 Å². The molecule has 2 heterocycles. The second kappa shape index (κ2) is 6.85. The van der Waals surface area contributed by atoms with Gasteiger partial charge in [0.2, 0.25) is 0 Å². The van der Waals surface area contributed by atoms with E-state index in [9.17, 15) is 9.59 Å². The Morgan fingerprint density at radius 2 is 1.96 bits per heavy atom. The van der Waals surface area contributed by atoms with Crippen molar-refractivity contribution in [1.82, 2.24) is 14.7 Å². The molecule has 1 aromatic carbocycles. The van der Waals surface area contributed by atoms with E-state index >= 15 is 0 Å². The maximum Gasteiger partial charge on any atom is 0.334 e. The zero-order valence-electron chi connectivity index (χ0n) is 13.9. The Morgan fingerprint density at radius 3 is 2.52 bits per heavy atom. The highest BCUT2D eigenvalue weighted by Gasteiger charge is 2.29. The first kappa shape index (κ1) is 17.4. The van der Waals surface area contributed by atoms with Crippen LogP contribution in [-0.2, 0) is 9.53 Å². The lowest BCUT2D eigenvalue weighted by molar-refractivity contribution is -0.154. The van der Waals surface area contributed by atoms with E-state index in [2.05, 4.69) is 5.10 Å². The molecule has 2 aromatic rings. The highest BCUT2D eigenvalue weighted by atomic mass is 35.5. The van der Waals surface area contributed by atoms with E-state index in [1.807, 2.05) is 13.8 Å². The van der Waals surface area contributed by atoms with Gasteiger partial charge < -0.3 is 14.7 Å². The molecule has 0 aliphatic carbocycles. The van der Waals surface area contributed by atoms with Crippen LogP contribution in [0.4, 0.5) is 0 Å². The largest absolute Gasteiger partial charge is 0.479 e. The predicted octanol–water partition coefficient (Wildman–Crippen LogP) is 2.07. The molecular formula is C17H18ClN3O4. The Bertz CT molecular complexity index is 816. The monoisotopic (exact) mass is 363 g/mol. The van der Waals surface area contributed by atoms with Crippen LogP contribution in [-0.4, -0.2) is 57.5 Å². The molecule has 1 aliphatic heterocycles. The maximum atomic E-state index is 12.6. The minimum atomic E-state index is -1.06. The number of halogens is 1. The molecule has 1 fully saturated rings. The summed E-state index contributed by atoms with van der Waals surface area (Å²) in [6.07, 6.45) is -0.978. The highest BCUT2D eigenvalue weighted by Crippen LogP contribution is 2.22. The lowest BCUT2D eigenvalue weighted by atomic mass is 10.1. The lowest BCUT2D eigenvalue weighted by Crippen LogP contribution is -2.48. The number of aryl methyl sites for hydroxylation is 1. The fourth-order valence-corrected chi connectivity index (χ4v) is 2.90. The van der Waals surface area contributed by atoms with E-state index in [0.29, 0.717) is 17.1 Å². The highest BCUT2D eigenvalue weighted by molar-refractivity contribution is 6.31. The van der Waals surface area contributed by atoms with Crippen LogP contribution < -0.4 is 0 Å². The van der Waals surface area contributed by atoms with Crippen LogP contribution in [0.25, 0.3) is 5.69 Å². The standard InChI is InChI=1S/C17H18ClN3O4/c1-10-15(18)11(2)21(19-10)13-5-3-12(4-6-13)16(22)20-7-8-25-14(9-20)17(23)24/h3-6,14H,7-9H2,1-2H3,(H,23,24)/t14-/m0/s1. The van der Waals surface area contributed by atoms with Gasteiger partial charge in [-0.05, 0) is 38.1 Å². The van der Waals surface area contributed by atoms with Crippen molar-refractivity contribution >= 4 is 23.5 Å². The van der Waals surface area contributed by atoms with Crippen molar-refractivity contribution in [3.8, 4) is 5.69 Å². The third kappa shape index (κ3) is 3.38. The number of benzene rings is 1. The molecular weight excluding hydrogens is 346 g/mol. The van der Waals surface area contributed by atoms with Gasteiger partial charge in [0, 0.05) is 12.1 Å². The number of ether oxygens (including phenoxy) is 1. The number of nitrogens with zero attached hydrogens (tertiary/aromatic N) is 3. The van der Waals surface area contributed by atoms with E-state index < -0.39 is 12.1 Å². The number of carbonyl (C=O) groups excluding carboxylic acids is 1. The summed E-state index contributed by atoms with van der Waals surface area (Å²) in [6, 6.07) is 6.98. The van der Waals surface area contributed by atoms with Crippen molar-refractivity contribution in [2.75, 3.05) is 19.7 Å². The lowest BCUT2D eigenvalue weighted by Gasteiger charge is -2.30. The van der Waals surface area contributed by atoms with Gasteiger partial charge in [0.05, 0.1) is 35.2 Å². The van der Waals surface area contributed by atoms with Gasteiger partial charge in [-0.2, -0.15) is 5.10 Å². The average Bonchev–Trinajstić information content (AvgIpc) is 2.89. The predicted molar refractivity (Wildman–Crippen MR) is 91.3 cm³/mol. The van der Waals surface area contributed by atoms with E-state index in [4.69, 9.17) is 21.4 Å². The normalized spacial score (nSPS) is 17.6. The molecule has 0 radical (unpaired) electrons. The first-order valence-electron chi connectivity index (χ1n) is 7.84. The van der Waals surface area contributed by atoms with Gasteiger partial charge in [-0.15, -0.1) is 0 Å². The number of morpholine rings is 1. The van der Waals surface area contributed by atoms with Crippen LogP contribution in [0.3, 0.4) is 0 Å². The second-order valence-corrected chi connectivity index (χ2v) is 6.27. The van der Waals surface area contributed by atoms with Crippen molar-refractivity contribution < 1.29 is 19.4 Å². The average molecular weight is 364 g/mol. The van der Waals surface area contributed by atoms with Crippen molar-refractivity contribution in [1.29, 1.82) is 0 Å². The third-order valence-corrected chi connectivity index (χ3v) is 4.74. The Hall–Kier alpha value is -2.38. The van der Waals surface area contributed by atoms with Crippen LogP contribution in [0.5, 0.6) is 0 Å². The summed E-state index contributed by atoms with van der Waals surface area (Å²) in [5.41, 5.74) is 2.86. The summed E-state index contributed by atoms with van der Waals surface area (Å²) in [7, 11) is 0. The van der Waals surface area contributed by atoms with E-state index in [0.717, 1.165) is 17.1 Å². The van der Waals surface area contributed by atoms with Crippen molar-refractivity contribution in [2.24, 2.45) is 0 Å². The number of carbonyl (C=O) groups is 2. The van der Waals surface area contributed by atoms with Crippen molar-refractivity contribution in [3.05, 3.63) is 46.2 Å². The van der Waals surface area contributed by atoms with Gasteiger partial charge in [0.25, 0.3) is 5.91 Å². The topological polar surface area (TPSA) is 84.7 Å². The van der Waals surface area contributed by atoms with Gasteiger partial charge in [-0.1, -0.05) is 11.6 Å². The zero-order chi connectivity index (χ0) is 18.1. The van der Waals surface area contributed by atoms with Gasteiger partial charge in [0.1, 0.15) is 0 Å². The molecule has 7 nitrogen and oxygen atoms in total. The molecule has 0 bridgehead atoms. The number of hydrogen-bond acceptors (Lipinski definition) is 4. The fourth-order valence-electron chi connectivity index (χ4n) is 2.79. The molecule has 1 N–H and O–H groups in total. The van der Waals surface area contributed by atoms with Crippen molar-refractivity contribution in [2.45, 2.75) is 20.0 Å². The number of hydrogen-bond donors (Lipinski definition) is 1. The summed E-state index contributed by atoms with van der Waals surface area (Å²) in [5, 5.41) is 14.0. The zero-order valence-corrected chi connectivity index (χ0v) is 14.7. The maximum absolute atomic E-state index is 12.6. The van der Waals surface area contributed by atoms with Gasteiger partial charge in [0.15, 0.2) is 6.10 Å². The molecule has 0 spiro atoms. The van der Waals surface area contributed by atoms with Crippen LogP contribution in [0, 0.1) is 13.8 Å². The molecule has 1 aromatic heterocycles. The summed E-state index contributed by atoms with van der Waals surface area (Å²) >= 11 is 6.17. The Balaban J connectivity index is 1.79. The molecule has 1 saturated heterocycles. The molecule has 25 heavy (non-hydrogen) atoms. The minimum absolute atomic E-state index is 0.0446. The molecule has 8 heteroatoms. The SMILES string of the molecule is Cc1nn(-c2ccc(C(=O)N3CCO[C@H](C(=O)O)C3)cc2)c(C)c1Cl. The Labute approximate surface area is 149 Å². The van der Waals surface area contributed by atoms with Crippen LogP contribution >= 0.6 is 11.6 Å². The van der Waals surface area contributed by atoms with E-state index in [1.165, 1.54) is 4.90 Å². The first-order valence-corrected chi connectivity index (χ1v) is 8.22. The minimum Gasteiger partial charge on any atom is -0.479 e. The first-order chi connectivity index (χ1) is 11.9. The Morgan fingerprint density at radius 1 is 1.28 bits per heavy atom. The molecule has 0 saturated carbocycles. The summed E-state index contributed by atoms with van der Waals surface area (Å²) in [6.45, 7) is 4.34. The molecule has 1 atom stereocenters. The Kier molecular flexibility index (Phi) is 4.78. The third-order valence-electron chi connectivity index (χ3n) is 4.19. The van der Waals surface area contributed by atoms with Crippen LogP contribution in [0.15, 0.2) is 24.3 Å². The second-order valence-electron chi connectivity index (χ2n) is 5.89. The summed E-state index contributed by atoms with van der Waals surface area (Å²) in [4.78, 5) is 25.1. The molecule has 3 rings (SSSR count). The van der Waals surface area contributed by atoms with Gasteiger partial charge in [-0.25, -0.2) is 9.48 Å². The number of amides is 1. The summed E-state index contributed by atoms with van der Waals surface area (Å²) < 4.78 is 6.87. The molecule has 1 aliphatic rings.